The highest BCUT2D eigenvalue weighted by molar-refractivity contribution is 6.06. The molecule has 128 valence electrons. The molecule has 0 fully saturated rings. The van der Waals surface area contributed by atoms with Crippen LogP contribution in [0, 0.1) is 6.92 Å². The number of aryl methyl sites for hydroxylation is 1. The highest BCUT2D eigenvalue weighted by atomic mass is 16.6. The Bertz CT molecular complexity index is 735. The maximum atomic E-state index is 12.8. The minimum Gasteiger partial charge on any atom is -0.486 e. The van der Waals surface area contributed by atoms with Crippen molar-refractivity contribution in [1.82, 2.24) is 9.78 Å². The molecule has 3 rings (SSSR count). The number of anilines is 1. The number of carbonyl (C=O) groups is 1. The van der Waals surface area contributed by atoms with E-state index < -0.39 is 0 Å². The standard InChI is InChI=1S/C18H23N3O3/c1-4-13(5-2)21-16(11-12(3)20-21)19-18(22)14-7-6-8-15-17(14)24-10-9-23-15/h6-8,11,13H,4-5,9-10H2,1-3H3,(H,19,22). The lowest BCUT2D eigenvalue weighted by atomic mass is 10.1. The number of rotatable bonds is 5. The second-order valence-electron chi connectivity index (χ2n) is 5.87. The first kappa shape index (κ1) is 16.4. The smallest absolute Gasteiger partial charge is 0.260 e. The Morgan fingerprint density at radius 2 is 2.04 bits per heavy atom. The highest BCUT2D eigenvalue weighted by Gasteiger charge is 2.22. The van der Waals surface area contributed by atoms with E-state index in [2.05, 4.69) is 24.3 Å². The van der Waals surface area contributed by atoms with Gasteiger partial charge < -0.3 is 14.8 Å². The Labute approximate surface area is 141 Å². The molecule has 6 nitrogen and oxygen atoms in total. The SMILES string of the molecule is CCC(CC)n1nc(C)cc1NC(=O)c1cccc2c1OCCO2. The normalized spacial score (nSPS) is 13.2. The number of nitrogens with one attached hydrogen (secondary N) is 1. The molecule has 0 radical (unpaired) electrons. The number of ether oxygens (including phenoxy) is 2. The predicted molar refractivity (Wildman–Crippen MR) is 92.0 cm³/mol. The lowest BCUT2D eigenvalue weighted by Gasteiger charge is -2.21. The van der Waals surface area contributed by atoms with Gasteiger partial charge in [-0.15, -0.1) is 0 Å². The second kappa shape index (κ2) is 6.95. The van der Waals surface area contributed by atoms with Gasteiger partial charge in [0, 0.05) is 6.07 Å². The number of nitrogens with zero attached hydrogens (tertiary/aromatic N) is 2. The summed E-state index contributed by atoms with van der Waals surface area (Å²) >= 11 is 0. The van der Waals surface area contributed by atoms with Crippen LogP contribution in [0.4, 0.5) is 5.82 Å². The van der Waals surface area contributed by atoms with Crippen LogP contribution in [-0.4, -0.2) is 28.9 Å². The number of carbonyl (C=O) groups excluding carboxylic acids is 1. The first-order chi connectivity index (χ1) is 11.6. The van der Waals surface area contributed by atoms with Gasteiger partial charge in [-0.3, -0.25) is 4.79 Å². The molecule has 6 heteroatoms. The molecule has 0 unspecified atom stereocenters. The molecule has 24 heavy (non-hydrogen) atoms. The van der Waals surface area contributed by atoms with Gasteiger partial charge in [-0.2, -0.15) is 5.10 Å². The third-order valence-electron chi connectivity index (χ3n) is 4.20. The summed E-state index contributed by atoms with van der Waals surface area (Å²) in [6.45, 7) is 7.11. The van der Waals surface area contributed by atoms with Crippen LogP contribution in [0.5, 0.6) is 11.5 Å². The molecule has 0 saturated heterocycles. The third kappa shape index (κ3) is 3.09. The van der Waals surface area contributed by atoms with Crippen LogP contribution >= 0.6 is 0 Å². The van der Waals surface area contributed by atoms with Crippen molar-refractivity contribution >= 4 is 11.7 Å². The first-order valence-electron chi connectivity index (χ1n) is 8.40. The Balaban J connectivity index is 1.89. The number of aromatic nitrogens is 2. The Hall–Kier alpha value is -2.50. The second-order valence-corrected chi connectivity index (χ2v) is 5.87. The average molecular weight is 329 g/mol. The van der Waals surface area contributed by atoms with E-state index in [1.54, 1.807) is 12.1 Å². The molecular weight excluding hydrogens is 306 g/mol. The van der Waals surface area contributed by atoms with Gasteiger partial charge in [-0.25, -0.2) is 4.68 Å². The Morgan fingerprint density at radius 1 is 1.29 bits per heavy atom. The van der Waals surface area contributed by atoms with Gasteiger partial charge in [0.15, 0.2) is 11.5 Å². The molecule has 0 bridgehead atoms. The number of hydrogen-bond donors (Lipinski definition) is 1. The van der Waals surface area contributed by atoms with Gasteiger partial charge in [0.2, 0.25) is 0 Å². The molecule has 2 aromatic rings. The summed E-state index contributed by atoms with van der Waals surface area (Å²) in [6.07, 6.45) is 1.91. The van der Waals surface area contributed by atoms with Crippen molar-refractivity contribution in [3.05, 3.63) is 35.5 Å². The number of hydrogen-bond acceptors (Lipinski definition) is 4. The van der Waals surface area contributed by atoms with Crippen LogP contribution in [0.3, 0.4) is 0 Å². The zero-order valence-electron chi connectivity index (χ0n) is 14.3. The summed E-state index contributed by atoms with van der Waals surface area (Å²) in [6, 6.07) is 7.50. The number of fused-ring (bicyclic) bond motifs is 1. The van der Waals surface area contributed by atoms with E-state index in [-0.39, 0.29) is 11.9 Å². The molecular formula is C18H23N3O3. The van der Waals surface area contributed by atoms with Crippen LogP contribution < -0.4 is 14.8 Å². The van der Waals surface area contributed by atoms with E-state index in [1.165, 1.54) is 0 Å². The van der Waals surface area contributed by atoms with Gasteiger partial charge in [-0.1, -0.05) is 19.9 Å². The number of amides is 1. The molecule has 1 N–H and O–H groups in total. The molecule has 1 amide bonds. The fraction of sp³-hybridized carbons (Fsp3) is 0.444. The number of para-hydroxylation sites is 1. The fourth-order valence-electron chi connectivity index (χ4n) is 2.96. The van der Waals surface area contributed by atoms with Gasteiger partial charge in [0.25, 0.3) is 5.91 Å². The van der Waals surface area contributed by atoms with E-state index in [4.69, 9.17) is 9.47 Å². The summed E-state index contributed by atoms with van der Waals surface area (Å²) < 4.78 is 13.1. The van der Waals surface area contributed by atoms with Gasteiger partial charge in [0.1, 0.15) is 19.0 Å². The van der Waals surface area contributed by atoms with E-state index in [1.807, 2.05) is 23.7 Å². The van der Waals surface area contributed by atoms with Crippen molar-refractivity contribution in [2.75, 3.05) is 18.5 Å². The quantitative estimate of drug-likeness (QED) is 0.910. The van der Waals surface area contributed by atoms with E-state index in [0.717, 1.165) is 18.5 Å². The molecule has 1 aliphatic heterocycles. The van der Waals surface area contributed by atoms with Crippen molar-refractivity contribution in [2.45, 2.75) is 39.7 Å². The maximum absolute atomic E-state index is 12.8. The van der Waals surface area contributed by atoms with Crippen LogP contribution in [0.1, 0.15) is 48.8 Å². The number of benzene rings is 1. The molecule has 0 atom stereocenters. The van der Waals surface area contributed by atoms with E-state index in [0.29, 0.717) is 36.1 Å². The minimum atomic E-state index is -0.218. The zero-order chi connectivity index (χ0) is 17.1. The molecule has 0 saturated carbocycles. The molecule has 1 aromatic heterocycles. The Kier molecular flexibility index (Phi) is 4.74. The van der Waals surface area contributed by atoms with Gasteiger partial charge in [-0.05, 0) is 31.9 Å². The van der Waals surface area contributed by atoms with Crippen LogP contribution in [-0.2, 0) is 0 Å². The lowest BCUT2D eigenvalue weighted by molar-refractivity contribution is 0.101. The van der Waals surface area contributed by atoms with E-state index in [9.17, 15) is 4.79 Å². The predicted octanol–water partition coefficient (Wildman–Crippen LogP) is 3.58. The van der Waals surface area contributed by atoms with Crippen molar-refractivity contribution in [1.29, 1.82) is 0 Å². The Morgan fingerprint density at radius 3 is 2.79 bits per heavy atom. The summed E-state index contributed by atoms with van der Waals surface area (Å²) in [4.78, 5) is 12.8. The average Bonchev–Trinajstić information content (AvgIpc) is 2.95. The first-order valence-corrected chi connectivity index (χ1v) is 8.40. The van der Waals surface area contributed by atoms with Crippen LogP contribution in [0.2, 0.25) is 0 Å². The van der Waals surface area contributed by atoms with Crippen molar-refractivity contribution in [2.24, 2.45) is 0 Å². The molecule has 2 heterocycles. The summed E-state index contributed by atoms with van der Waals surface area (Å²) in [5.41, 5.74) is 1.36. The largest absolute Gasteiger partial charge is 0.486 e. The van der Waals surface area contributed by atoms with Crippen LogP contribution in [0.25, 0.3) is 0 Å². The minimum absolute atomic E-state index is 0.218. The molecule has 1 aromatic carbocycles. The summed E-state index contributed by atoms with van der Waals surface area (Å²) in [5.74, 6) is 1.61. The van der Waals surface area contributed by atoms with Gasteiger partial charge in [0.05, 0.1) is 17.3 Å². The molecule has 0 spiro atoms. The summed E-state index contributed by atoms with van der Waals surface area (Å²) in [7, 11) is 0. The highest BCUT2D eigenvalue weighted by Crippen LogP contribution is 2.34. The zero-order valence-corrected chi connectivity index (χ0v) is 14.3. The molecule has 0 aliphatic carbocycles. The van der Waals surface area contributed by atoms with Crippen LogP contribution in [0.15, 0.2) is 24.3 Å². The maximum Gasteiger partial charge on any atom is 0.260 e. The van der Waals surface area contributed by atoms with Crippen molar-refractivity contribution in [3.8, 4) is 11.5 Å². The lowest BCUT2D eigenvalue weighted by Crippen LogP contribution is -2.22. The van der Waals surface area contributed by atoms with Crippen molar-refractivity contribution in [3.63, 3.8) is 0 Å². The topological polar surface area (TPSA) is 65.4 Å². The third-order valence-corrected chi connectivity index (χ3v) is 4.20. The monoisotopic (exact) mass is 329 g/mol. The molecule has 1 aliphatic rings. The van der Waals surface area contributed by atoms with Crippen molar-refractivity contribution < 1.29 is 14.3 Å². The fourth-order valence-corrected chi connectivity index (χ4v) is 2.96. The van der Waals surface area contributed by atoms with Gasteiger partial charge >= 0.3 is 0 Å². The van der Waals surface area contributed by atoms with E-state index >= 15 is 0 Å². The summed E-state index contributed by atoms with van der Waals surface area (Å²) in [5, 5.41) is 7.51.